The van der Waals surface area contributed by atoms with E-state index in [0.717, 1.165) is 31.6 Å². The van der Waals surface area contributed by atoms with Gasteiger partial charge in [0.25, 0.3) is 5.91 Å². The first-order chi connectivity index (χ1) is 15.0. The standard InChI is InChI=1S/C22H30N4O4S/c1-2-21-23-9-12-25(21)17-18-7-10-24(11-8-18)22(27)19-3-5-20(6-4-19)31(28,29)26-13-15-30-16-14-26/h3-6,9,12,18H,2,7-8,10-11,13-17H2,1H3. The van der Waals surface area contributed by atoms with Crippen molar-refractivity contribution in [3.05, 3.63) is 48.0 Å². The summed E-state index contributed by atoms with van der Waals surface area (Å²) in [6.45, 7) is 6.02. The van der Waals surface area contributed by atoms with Crippen LogP contribution < -0.4 is 0 Å². The first-order valence-electron chi connectivity index (χ1n) is 11.0. The van der Waals surface area contributed by atoms with Crippen molar-refractivity contribution in [2.24, 2.45) is 5.92 Å². The molecule has 2 aromatic rings. The van der Waals surface area contributed by atoms with Crippen LogP contribution in [0.3, 0.4) is 0 Å². The van der Waals surface area contributed by atoms with Crippen LogP contribution in [0.15, 0.2) is 41.6 Å². The minimum Gasteiger partial charge on any atom is -0.379 e. The average Bonchev–Trinajstić information content (AvgIpc) is 3.27. The third-order valence-corrected chi connectivity index (χ3v) is 8.10. The number of benzene rings is 1. The molecule has 8 nitrogen and oxygen atoms in total. The van der Waals surface area contributed by atoms with Crippen molar-refractivity contribution in [2.45, 2.75) is 37.6 Å². The predicted octanol–water partition coefficient (Wildman–Crippen LogP) is 2.02. The van der Waals surface area contributed by atoms with Crippen molar-refractivity contribution in [1.82, 2.24) is 18.8 Å². The van der Waals surface area contributed by atoms with Gasteiger partial charge in [-0.2, -0.15) is 4.31 Å². The van der Waals surface area contributed by atoms with E-state index in [4.69, 9.17) is 4.74 Å². The van der Waals surface area contributed by atoms with Crippen LogP contribution in [0, 0.1) is 5.92 Å². The third-order valence-electron chi connectivity index (χ3n) is 6.18. The molecule has 1 aromatic carbocycles. The second-order valence-corrected chi connectivity index (χ2v) is 10.1. The van der Waals surface area contributed by atoms with Crippen LogP contribution in [-0.4, -0.2) is 72.5 Å². The number of hydrogen-bond donors (Lipinski definition) is 0. The molecule has 0 unspecified atom stereocenters. The number of piperidine rings is 1. The molecule has 2 fully saturated rings. The van der Waals surface area contributed by atoms with Crippen molar-refractivity contribution >= 4 is 15.9 Å². The number of ether oxygens (including phenoxy) is 1. The van der Waals surface area contributed by atoms with Gasteiger partial charge in [-0.05, 0) is 43.0 Å². The summed E-state index contributed by atoms with van der Waals surface area (Å²) in [5, 5.41) is 0. The van der Waals surface area contributed by atoms with E-state index < -0.39 is 10.0 Å². The molecular weight excluding hydrogens is 416 g/mol. The fourth-order valence-electron chi connectivity index (χ4n) is 4.31. The Balaban J connectivity index is 1.35. The molecule has 4 rings (SSSR count). The van der Waals surface area contributed by atoms with Gasteiger partial charge in [-0.25, -0.2) is 13.4 Å². The lowest BCUT2D eigenvalue weighted by Crippen LogP contribution is -2.40. The zero-order chi connectivity index (χ0) is 21.8. The van der Waals surface area contributed by atoms with Crippen molar-refractivity contribution < 1.29 is 17.9 Å². The van der Waals surface area contributed by atoms with E-state index in [0.29, 0.717) is 50.9 Å². The van der Waals surface area contributed by atoms with Crippen LogP contribution in [0.4, 0.5) is 0 Å². The van der Waals surface area contributed by atoms with E-state index in [9.17, 15) is 13.2 Å². The second-order valence-electron chi connectivity index (χ2n) is 8.13. The fraction of sp³-hybridized carbons (Fsp3) is 0.545. The van der Waals surface area contributed by atoms with Crippen LogP contribution in [0.25, 0.3) is 0 Å². The molecule has 0 N–H and O–H groups in total. The Morgan fingerprint density at radius 1 is 1.10 bits per heavy atom. The molecule has 2 aliphatic rings. The summed E-state index contributed by atoms with van der Waals surface area (Å²) >= 11 is 0. The minimum absolute atomic E-state index is 0.0364. The highest BCUT2D eigenvalue weighted by atomic mass is 32.2. The molecule has 0 radical (unpaired) electrons. The van der Waals surface area contributed by atoms with Gasteiger partial charge in [0.05, 0.1) is 18.1 Å². The number of morpholine rings is 1. The molecule has 0 bridgehead atoms. The van der Waals surface area contributed by atoms with Gasteiger partial charge in [0.15, 0.2) is 0 Å². The molecule has 1 amide bonds. The van der Waals surface area contributed by atoms with E-state index >= 15 is 0 Å². The molecule has 168 valence electrons. The summed E-state index contributed by atoms with van der Waals surface area (Å²) in [4.78, 5) is 19.4. The van der Waals surface area contributed by atoms with Gasteiger partial charge in [-0.1, -0.05) is 6.92 Å². The van der Waals surface area contributed by atoms with E-state index in [-0.39, 0.29) is 10.8 Å². The molecule has 0 spiro atoms. The SMILES string of the molecule is CCc1nccn1CC1CCN(C(=O)c2ccc(S(=O)(=O)N3CCOCC3)cc2)CC1. The zero-order valence-electron chi connectivity index (χ0n) is 17.9. The highest BCUT2D eigenvalue weighted by molar-refractivity contribution is 7.89. The molecular formula is C22H30N4O4S. The monoisotopic (exact) mass is 446 g/mol. The Bertz CT molecular complexity index is 989. The van der Waals surface area contributed by atoms with E-state index in [1.807, 2.05) is 17.3 Å². The maximum Gasteiger partial charge on any atom is 0.253 e. The maximum atomic E-state index is 12.9. The Morgan fingerprint density at radius 3 is 2.42 bits per heavy atom. The van der Waals surface area contributed by atoms with Crippen LogP contribution >= 0.6 is 0 Å². The minimum atomic E-state index is -3.55. The van der Waals surface area contributed by atoms with E-state index in [1.165, 1.54) is 16.4 Å². The predicted molar refractivity (Wildman–Crippen MR) is 116 cm³/mol. The van der Waals surface area contributed by atoms with Crippen molar-refractivity contribution in [2.75, 3.05) is 39.4 Å². The number of rotatable bonds is 6. The number of aromatic nitrogens is 2. The number of imidazole rings is 1. The number of carbonyl (C=O) groups excluding carboxylic acids is 1. The molecule has 9 heteroatoms. The number of nitrogens with zero attached hydrogens (tertiary/aromatic N) is 4. The lowest BCUT2D eigenvalue weighted by Gasteiger charge is -2.32. The van der Waals surface area contributed by atoms with Gasteiger partial charge in [0, 0.05) is 57.1 Å². The van der Waals surface area contributed by atoms with Crippen molar-refractivity contribution in [1.29, 1.82) is 0 Å². The highest BCUT2D eigenvalue weighted by Gasteiger charge is 2.28. The van der Waals surface area contributed by atoms with E-state index in [1.54, 1.807) is 12.1 Å². The van der Waals surface area contributed by atoms with Crippen LogP contribution in [0.1, 0.15) is 35.9 Å². The molecule has 2 aliphatic heterocycles. The van der Waals surface area contributed by atoms with Crippen LogP contribution in [-0.2, 0) is 27.7 Å². The summed E-state index contributed by atoms with van der Waals surface area (Å²) in [5.41, 5.74) is 0.530. The van der Waals surface area contributed by atoms with E-state index in [2.05, 4.69) is 16.5 Å². The zero-order valence-corrected chi connectivity index (χ0v) is 18.8. The van der Waals surface area contributed by atoms with Gasteiger partial charge < -0.3 is 14.2 Å². The number of amides is 1. The average molecular weight is 447 g/mol. The number of likely N-dealkylation sites (tertiary alicyclic amines) is 1. The highest BCUT2D eigenvalue weighted by Crippen LogP contribution is 2.23. The Morgan fingerprint density at radius 2 is 1.77 bits per heavy atom. The molecule has 1 aromatic heterocycles. The summed E-state index contributed by atoms with van der Waals surface area (Å²) in [6, 6.07) is 6.33. The molecule has 0 aliphatic carbocycles. The normalized spacial score (nSPS) is 18.9. The third kappa shape index (κ3) is 4.83. The molecule has 2 saturated heterocycles. The lowest BCUT2D eigenvalue weighted by molar-refractivity contribution is 0.0682. The topological polar surface area (TPSA) is 84.7 Å². The number of sulfonamides is 1. The first-order valence-corrected chi connectivity index (χ1v) is 12.4. The van der Waals surface area contributed by atoms with Gasteiger partial charge in [0.1, 0.15) is 5.82 Å². The Hall–Kier alpha value is -2.23. The fourth-order valence-corrected chi connectivity index (χ4v) is 5.71. The van der Waals surface area contributed by atoms with Gasteiger partial charge in [0.2, 0.25) is 10.0 Å². The Labute approximate surface area is 183 Å². The van der Waals surface area contributed by atoms with Crippen LogP contribution in [0.5, 0.6) is 0 Å². The largest absolute Gasteiger partial charge is 0.379 e. The molecule has 0 atom stereocenters. The van der Waals surface area contributed by atoms with Crippen molar-refractivity contribution in [3.8, 4) is 0 Å². The summed E-state index contributed by atoms with van der Waals surface area (Å²) in [6.07, 6.45) is 6.71. The first kappa shape index (κ1) is 22.0. The summed E-state index contributed by atoms with van der Waals surface area (Å²) in [5.74, 6) is 1.60. The maximum absolute atomic E-state index is 12.9. The van der Waals surface area contributed by atoms with Gasteiger partial charge in [-0.3, -0.25) is 4.79 Å². The number of aryl methyl sites for hydroxylation is 1. The quantitative estimate of drug-likeness (QED) is 0.678. The molecule has 31 heavy (non-hydrogen) atoms. The second kappa shape index (κ2) is 9.50. The smallest absolute Gasteiger partial charge is 0.253 e. The Kier molecular flexibility index (Phi) is 6.74. The molecule has 0 saturated carbocycles. The molecule has 3 heterocycles. The van der Waals surface area contributed by atoms with Gasteiger partial charge in [-0.15, -0.1) is 0 Å². The lowest BCUT2D eigenvalue weighted by atomic mass is 9.96. The summed E-state index contributed by atoms with van der Waals surface area (Å²) < 4.78 is 34.4. The number of hydrogen-bond acceptors (Lipinski definition) is 5. The number of carbonyl (C=O) groups is 1. The van der Waals surface area contributed by atoms with Crippen molar-refractivity contribution in [3.63, 3.8) is 0 Å². The van der Waals surface area contributed by atoms with Crippen LogP contribution in [0.2, 0.25) is 0 Å². The summed E-state index contributed by atoms with van der Waals surface area (Å²) in [7, 11) is -3.55. The van der Waals surface area contributed by atoms with Gasteiger partial charge >= 0.3 is 0 Å².